The topological polar surface area (TPSA) is 26.3 Å². The second-order valence-corrected chi connectivity index (χ2v) is 9.20. The van der Waals surface area contributed by atoms with Crippen LogP contribution in [0.1, 0.15) is 10.4 Å². The predicted molar refractivity (Wildman–Crippen MR) is 69.9 cm³/mol. The summed E-state index contributed by atoms with van der Waals surface area (Å²) in [7, 11) is -0.0220. The van der Waals surface area contributed by atoms with E-state index in [4.69, 9.17) is 0 Å². The molecule has 1 aromatic carbocycles. The van der Waals surface area contributed by atoms with E-state index in [1.807, 2.05) is 30.3 Å². The zero-order valence-electron chi connectivity index (χ0n) is 10.1. The molecule has 0 N–H and O–H groups in total. The second-order valence-electron chi connectivity index (χ2n) is 4.45. The summed E-state index contributed by atoms with van der Waals surface area (Å²) in [5, 5.41) is 1.33. The van der Waals surface area contributed by atoms with Crippen LogP contribution in [0, 0.1) is 0 Å². The molecule has 0 unspecified atom stereocenters. The van der Waals surface area contributed by atoms with Crippen LogP contribution in [0.3, 0.4) is 0 Å². The van der Waals surface area contributed by atoms with Gasteiger partial charge in [0.15, 0.2) is 0 Å². The molecule has 0 aliphatic heterocycles. The molecule has 0 bridgehead atoms. The number of hydrogen-bond acceptors (Lipinski definition) is 2. The van der Waals surface area contributed by atoms with E-state index in [9.17, 15) is 4.79 Å². The van der Waals surface area contributed by atoms with E-state index in [1.165, 1.54) is 12.3 Å². The maximum atomic E-state index is 11.3. The van der Waals surface area contributed by atoms with Crippen molar-refractivity contribution in [3.63, 3.8) is 0 Å². The molecule has 0 heterocycles. The molecule has 0 spiro atoms. The molecule has 0 aromatic heterocycles. The Balaban J connectivity index is 2.94. The Bertz CT molecular complexity index is 379. The van der Waals surface area contributed by atoms with Gasteiger partial charge in [0.1, 0.15) is 0 Å². The Kier molecular flexibility index (Phi) is 4.07. The van der Waals surface area contributed by atoms with Crippen molar-refractivity contribution < 1.29 is 9.53 Å². The number of allylic oxidation sites excluding steroid dienone is 1. The number of carbonyl (C=O) groups excluding carboxylic acids is 1. The van der Waals surface area contributed by atoms with Gasteiger partial charge in [-0.15, -0.1) is 6.58 Å². The highest BCUT2D eigenvalue weighted by molar-refractivity contribution is 6.90. The molecule has 3 heteroatoms. The quantitative estimate of drug-likeness (QED) is 0.455. The van der Waals surface area contributed by atoms with Gasteiger partial charge >= 0.3 is 5.97 Å². The summed E-state index contributed by atoms with van der Waals surface area (Å²) in [4.78, 5) is 11.3. The molecule has 2 nitrogen and oxygen atoms in total. The second kappa shape index (κ2) is 5.12. The molecule has 0 fully saturated rings. The van der Waals surface area contributed by atoms with Crippen LogP contribution in [0.5, 0.6) is 0 Å². The van der Waals surface area contributed by atoms with E-state index in [1.54, 1.807) is 0 Å². The first-order valence-corrected chi connectivity index (χ1v) is 8.52. The average Bonchev–Trinajstić information content (AvgIpc) is 2.28. The van der Waals surface area contributed by atoms with E-state index >= 15 is 0 Å². The van der Waals surface area contributed by atoms with Crippen molar-refractivity contribution in [2.75, 3.05) is 7.11 Å². The van der Waals surface area contributed by atoms with E-state index in [2.05, 4.69) is 24.4 Å². The summed E-state index contributed by atoms with van der Waals surface area (Å²) >= 11 is 0. The molecular weight excluding hydrogens is 216 g/mol. The van der Waals surface area contributed by atoms with Gasteiger partial charge in [0.05, 0.1) is 20.7 Å². The van der Waals surface area contributed by atoms with Crippen LogP contribution in [0.2, 0.25) is 19.1 Å². The third kappa shape index (κ3) is 2.82. The summed E-state index contributed by atoms with van der Waals surface area (Å²) in [5.41, 5.74) is 0.606. The van der Waals surface area contributed by atoms with Crippen LogP contribution in [0.15, 0.2) is 36.9 Å². The Morgan fingerprint density at radius 3 is 2.38 bits per heavy atom. The molecule has 0 atom stereocenters. The van der Waals surface area contributed by atoms with Gasteiger partial charge in [0.25, 0.3) is 0 Å². The zero-order chi connectivity index (χ0) is 12.2. The first kappa shape index (κ1) is 12.7. The fourth-order valence-corrected chi connectivity index (χ4v) is 3.68. The first-order valence-electron chi connectivity index (χ1n) is 5.31. The molecule has 0 saturated heterocycles. The van der Waals surface area contributed by atoms with Crippen LogP contribution in [-0.2, 0) is 4.74 Å². The number of carbonyl (C=O) groups is 1. The SMILES string of the molecule is C=CC[Si](C)(C)c1ccc(C(=O)OC)cc1. The third-order valence-corrected chi connectivity index (χ3v) is 5.95. The maximum absolute atomic E-state index is 11.3. The Morgan fingerprint density at radius 1 is 1.38 bits per heavy atom. The lowest BCUT2D eigenvalue weighted by Crippen LogP contribution is -2.40. The highest BCUT2D eigenvalue weighted by Gasteiger charge is 2.21. The summed E-state index contributed by atoms with van der Waals surface area (Å²) < 4.78 is 4.67. The van der Waals surface area contributed by atoms with Crippen molar-refractivity contribution in [2.24, 2.45) is 0 Å². The lowest BCUT2D eigenvalue weighted by Gasteiger charge is -2.21. The van der Waals surface area contributed by atoms with E-state index in [-0.39, 0.29) is 5.97 Å². The Hall–Kier alpha value is -1.35. The van der Waals surface area contributed by atoms with Crippen LogP contribution in [0.4, 0.5) is 0 Å². The van der Waals surface area contributed by atoms with Gasteiger partial charge in [-0.1, -0.05) is 36.5 Å². The summed E-state index contributed by atoms with van der Waals surface area (Å²) in [5.74, 6) is -0.283. The van der Waals surface area contributed by atoms with Crippen molar-refractivity contribution in [3.05, 3.63) is 42.5 Å². The lowest BCUT2D eigenvalue weighted by atomic mass is 10.2. The standard InChI is InChI=1S/C13H18O2Si/c1-5-10-16(3,4)12-8-6-11(7-9-12)13(14)15-2/h5-9H,1,10H2,2-4H3. The van der Waals surface area contributed by atoms with Crippen molar-refractivity contribution in [2.45, 2.75) is 19.1 Å². The normalized spacial score (nSPS) is 10.9. The lowest BCUT2D eigenvalue weighted by molar-refractivity contribution is 0.0601. The fourth-order valence-electron chi connectivity index (χ4n) is 1.65. The van der Waals surface area contributed by atoms with Crippen molar-refractivity contribution >= 4 is 19.2 Å². The molecule has 0 saturated carbocycles. The highest BCUT2D eigenvalue weighted by atomic mass is 28.3. The maximum Gasteiger partial charge on any atom is 0.337 e. The van der Waals surface area contributed by atoms with Crippen LogP contribution in [-0.4, -0.2) is 21.2 Å². The van der Waals surface area contributed by atoms with Gasteiger partial charge in [-0.2, -0.15) is 0 Å². The monoisotopic (exact) mass is 234 g/mol. The highest BCUT2D eigenvalue weighted by Crippen LogP contribution is 2.11. The number of methoxy groups -OCH3 is 1. The van der Waals surface area contributed by atoms with Crippen molar-refractivity contribution in [3.8, 4) is 0 Å². The smallest absolute Gasteiger partial charge is 0.337 e. The third-order valence-electron chi connectivity index (χ3n) is 2.74. The molecule has 0 aliphatic rings. The summed E-state index contributed by atoms with van der Waals surface area (Å²) in [6, 6.07) is 8.77. The van der Waals surface area contributed by atoms with Gasteiger partial charge in [-0.05, 0) is 18.2 Å². The molecule has 0 aliphatic carbocycles. The molecule has 16 heavy (non-hydrogen) atoms. The molecule has 86 valence electrons. The molecule has 0 amide bonds. The first-order chi connectivity index (χ1) is 7.51. The van der Waals surface area contributed by atoms with Gasteiger partial charge in [-0.3, -0.25) is 0 Å². The van der Waals surface area contributed by atoms with Crippen LogP contribution < -0.4 is 5.19 Å². The molecule has 1 aromatic rings. The van der Waals surface area contributed by atoms with E-state index < -0.39 is 8.07 Å². The molecule has 1 rings (SSSR count). The van der Waals surface area contributed by atoms with Crippen LogP contribution in [0.25, 0.3) is 0 Å². The minimum Gasteiger partial charge on any atom is -0.465 e. The van der Waals surface area contributed by atoms with Gasteiger partial charge in [0.2, 0.25) is 0 Å². The largest absolute Gasteiger partial charge is 0.465 e. The minimum atomic E-state index is -1.42. The van der Waals surface area contributed by atoms with Crippen molar-refractivity contribution in [1.82, 2.24) is 0 Å². The van der Waals surface area contributed by atoms with Gasteiger partial charge < -0.3 is 4.74 Å². The average molecular weight is 234 g/mol. The fraction of sp³-hybridized carbons (Fsp3) is 0.308. The predicted octanol–water partition coefficient (Wildman–Crippen LogP) is 2.57. The van der Waals surface area contributed by atoms with Crippen molar-refractivity contribution in [1.29, 1.82) is 0 Å². The molecular formula is C13H18O2Si. The zero-order valence-corrected chi connectivity index (χ0v) is 11.1. The Labute approximate surface area is 98.0 Å². The van der Waals surface area contributed by atoms with Gasteiger partial charge in [-0.25, -0.2) is 4.79 Å². The number of esters is 1. The number of ether oxygens (including phenoxy) is 1. The van der Waals surface area contributed by atoms with E-state index in [0.29, 0.717) is 5.56 Å². The number of benzene rings is 1. The number of hydrogen-bond donors (Lipinski definition) is 0. The van der Waals surface area contributed by atoms with Gasteiger partial charge in [0, 0.05) is 0 Å². The molecule has 0 radical (unpaired) electrons. The summed E-state index contributed by atoms with van der Waals surface area (Å²) in [6.07, 6.45) is 1.97. The number of rotatable bonds is 4. The summed E-state index contributed by atoms with van der Waals surface area (Å²) in [6.45, 7) is 8.38. The Morgan fingerprint density at radius 2 is 1.94 bits per heavy atom. The minimum absolute atomic E-state index is 0.283. The van der Waals surface area contributed by atoms with Crippen LogP contribution >= 0.6 is 0 Å². The van der Waals surface area contributed by atoms with E-state index in [0.717, 1.165) is 6.04 Å².